The number of aromatic amines is 1. The van der Waals surface area contributed by atoms with E-state index in [1.807, 2.05) is 59.4 Å². The topological polar surface area (TPSA) is 81.2 Å². The zero-order valence-electron chi connectivity index (χ0n) is 13.8. The Morgan fingerprint density at radius 2 is 1.72 bits per heavy atom. The summed E-state index contributed by atoms with van der Waals surface area (Å²) < 4.78 is 11.9. The zero-order valence-corrected chi connectivity index (χ0v) is 14.6. The number of hydrogen-bond donors (Lipinski definition) is 2. The summed E-state index contributed by atoms with van der Waals surface area (Å²) in [4.78, 5) is 15.1. The lowest BCUT2D eigenvalue weighted by atomic mass is 10.0. The number of nitrogens with two attached hydrogens (primary N) is 1. The highest BCUT2D eigenvalue weighted by Crippen LogP contribution is 2.33. The number of carbonyl (C=O) groups excluding carboxylic acids is 1. The van der Waals surface area contributed by atoms with Gasteiger partial charge in [-0.1, -0.05) is 18.2 Å². The molecule has 0 aliphatic carbocycles. The van der Waals surface area contributed by atoms with Gasteiger partial charge in [-0.15, -0.1) is 0 Å². The fourth-order valence-corrected chi connectivity index (χ4v) is 2.62. The van der Waals surface area contributed by atoms with Gasteiger partial charge in [0.15, 0.2) is 18.2 Å². The minimum atomic E-state index is -0.477. The molecule has 0 atom stereocenters. The Morgan fingerprint density at radius 1 is 1.08 bits per heavy atom. The second-order valence-electron chi connectivity index (χ2n) is 5.14. The highest BCUT2D eigenvalue weighted by atomic mass is 35.5. The molecule has 25 heavy (non-hydrogen) atoms. The molecule has 0 aliphatic heterocycles. The Bertz CT molecular complexity index is 861. The van der Waals surface area contributed by atoms with Crippen molar-refractivity contribution >= 4 is 11.8 Å². The number of anilines is 1. The minimum absolute atomic E-state index is 0. The number of nitrogens with one attached hydrogen (secondary N) is 1. The molecule has 6 nitrogen and oxygen atoms in total. The van der Waals surface area contributed by atoms with Crippen molar-refractivity contribution in [3.63, 3.8) is 0 Å². The maximum Gasteiger partial charge on any atom is 0.355 e. The molecule has 2 heterocycles. The first-order valence-corrected chi connectivity index (χ1v) is 7.36. The lowest BCUT2D eigenvalue weighted by Crippen LogP contribution is -3.00. The van der Waals surface area contributed by atoms with Crippen LogP contribution in [0.5, 0.6) is 5.75 Å². The van der Waals surface area contributed by atoms with Gasteiger partial charge in [-0.25, -0.2) is 4.79 Å². The number of ether oxygens (including phenoxy) is 2. The summed E-state index contributed by atoms with van der Waals surface area (Å²) in [5.74, 6) is 0.642. The number of esters is 1. The van der Waals surface area contributed by atoms with Gasteiger partial charge in [0.25, 0.3) is 5.69 Å². The number of H-pyrrole nitrogens is 1. The van der Waals surface area contributed by atoms with Crippen LogP contribution in [0.1, 0.15) is 10.5 Å². The van der Waals surface area contributed by atoms with E-state index in [0.29, 0.717) is 22.8 Å². The third-order valence-corrected chi connectivity index (χ3v) is 3.74. The molecule has 130 valence electrons. The number of methoxy groups -OCH3 is 2. The van der Waals surface area contributed by atoms with Crippen LogP contribution in [0.3, 0.4) is 0 Å². The van der Waals surface area contributed by atoms with E-state index in [4.69, 9.17) is 15.2 Å². The predicted molar refractivity (Wildman–Crippen MR) is 90.1 cm³/mol. The molecule has 3 rings (SSSR count). The second kappa shape index (κ2) is 7.72. The molecule has 0 saturated carbocycles. The number of hydrogen-bond acceptors (Lipinski definition) is 4. The van der Waals surface area contributed by atoms with E-state index < -0.39 is 5.97 Å². The summed E-state index contributed by atoms with van der Waals surface area (Å²) in [6.45, 7) is 0. The van der Waals surface area contributed by atoms with Gasteiger partial charge in [-0.05, 0) is 17.7 Å². The van der Waals surface area contributed by atoms with Crippen molar-refractivity contribution in [2.45, 2.75) is 0 Å². The van der Waals surface area contributed by atoms with Crippen molar-refractivity contribution in [3.8, 4) is 22.6 Å². The first kappa shape index (κ1) is 18.4. The molecular formula is C18H18ClN3O3. The Balaban J connectivity index is 0.00000225. The van der Waals surface area contributed by atoms with Crippen molar-refractivity contribution < 1.29 is 31.2 Å². The first-order valence-electron chi connectivity index (χ1n) is 7.36. The molecular weight excluding hydrogens is 342 g/mol. The van der Waals surface area contributed by atoms with Crippen LogP contribution in [0.15, 0.2) is 54.9 Å². The number of nitrogens with zero attached hydrogens (tertiary/aromatic N) is 1. The molecule has 2 aromatic heterocycles. The smallest absolute Gasteiger partial charge is 0.355 e. The van der Waals surface area contributed by atoms with E-state index in [0.717, 1.165) is 11.3 Å². The predicted octanol–water partition coefficient (Wildman–Crippen LogP) is -0.660. The molecule has 7 heteroatoms. The second-order valence-corrected chi connectivity index (χ2v) is 5.14. The standard InChI is InChI=1S/C18H17N3O3.ClH/c1-23-13-8-6-12(7-9-13)14-15(18(22)24-2)20-17(19)16(14)21-10-4-3-5-11-21;/h3-11H,1-2H3,(H2-,19,20,22);1H. The Kier molecular flexibility index (Phi) is 5.67. The number of nitrogen functional groups attached to an aromatic ring is 1. The Hall–Kier alpha value is -2.99. The summed E-state index contributed by atoms with van der Waals surface area (Å²) in [5, 5.41) is 0. The lowest BCUT2D eigenvalue weighted by Gasteiger charge is -2.05. The summed E-state index contributed by atoms with van der Waals surface area (Å²) in [6.07, 6.45) is 3.74. The highest BCUT2D eigenvalue weighted by molar-refractivity contribution is 6.00. The summed E-state index contributed by atoms with van der Waals surface area (Å²) in [7, 11) is 2.95. The van der Waals surface area contributed by atoms with Crippen LogP contribution < -0.4 is 27.4 Å². The van der Waals surface area contributed by atoms with E-state index >= 15 is 0 Å². The molecule has 0 radical (unpaired) electrons. The van der Waals surface area contributed by atoms with Gasteiger partial charge >= 0.3 is 5.97 Å². The number of rotatable bonds is 4. The highest BCUT2D eigenvalue weighted by Gasteiger charge is 2.29. The van der Waals surface area contributed by atoms with Gasteiger partial charge in [-0.3, -0.25) is 0 Å². The number of benzene rings is 1. The van der Waals surface area contributed by atoms with Gasteiger partial charge in [0.05, 0.1) is 19.8 Å². The first-order chi connectivity index (χ1) is 11.7. The average molecular weight is 360 g/mol. The Morgan fingerprint density at radius 3 is 2.28 bits per heavy atom. The zero-order chi connectivity index (χ0) is 17.1. The van der Waals surface area contributed by atoms with Gasteiger partial charge in [0.1, 0.15) is 11.4 Å². The molecule has 1 aromatic carbocycles. The third kappa shape index (κ3) is 3.44. The van der Waals surface area contributed by atoms with Crippen LogP contribution in [0.25, 0.3) is 16.8 Å². The van der Waals surface area contributed by atoms with Crippen molar-refractivity contribution in [1.82, 2.24) is 4.98 Å². The molecule has 0 bridgehead atoms. The van der Waals surface area contributed by atoms with Gasteiger partial charge in [0, 0.05) is 12.1 Å². The molecule has 0 aliphatic rings. The van der Waals surface area contributed by atoms with Crippen molar-refractivity contribution in [2.24, 2.45) is 0 Å². The molecule has 3 aromatic rings. The monoisotopic (exact) mass is 359 g/mol. The van der Waals surface area contributed by atoms with Crippen LogP contribution in [0, 0.1) is 0 Å². The van der Waals surface area contributed by atoms with Crippen molar-refractivity contribution in [2.75, 3.05) is 20.0 Å². The third-order valence-electron chi connectivity index (χ3n) is 3.74. The fourth-order valence-electron chi connectivity index (χ4n) is 2.62. The van der Waals surface area contributed by atoms with Gasteiger partial charge < -0.3 is 32.6 Å². The Labute approximate surface area is 151 Å². The fraction of sp³-hybridized carbons (Fsp3) is 0.111. The normalized spacial score (nSPS) is 10.0. The number of aromatic nitrogens is 2. The van der Waals surface area contributed by atoms with E-state index in [9.17, 15) is 4.79 Å². The minimum Gasteiger partial charge on any atom is -1.00 e. The van der Waals surface area contributed by atoms with Crippen LogP contribution in [0.4, 0.5) is 5.82 Å². The van der Waals surface area contributed by atoms with E-state index in [1.165, 1.54) is 7.11 Å². The van der Waals surface area contributed by atoms with Gasteiger partial charge in [0.2, 0.25) is 0 Å². The number of pyridine rings is 1. The summed E-state index contributed by atoms with van der Waals surface area (Å²) >= 11 is 0. The molecule has 0 saturated heterocycles. The van der Waals surface area contributed by atoms with Crippen molar-refractivity contribution in [1.29, 1.82) is 0 Å². The van der Waals surface area contributed by atoms with Crippen LogP contribution in [-0.2, 0) is 4.74 Å². The molecule has 0 unspecified atom stereocenters. The van der Waals surface area contributed by atoms with Crippen LogP contribution in [0.2, 0.25) is 0 Å². The maximum atomic E-state index is 12.2. The quantitative estimate of drug-likeness (QED) is 0.479. The van der Waals surface area contributed by atoms with Crippen LogP contribution in [-0.4, -0.2) is 25.2 Å². The molecule has 3 N–H and O–H groups in total. The largest absolute Gasteiger partial charge is 1.00 e. The summed E-state index contributed by atoms with van der Waals surface area (Å²) in [5.41, 5.74) is 8.67. The summed E-state index contributed by atoms with van der Waals surface area (Å²) in [6, 6.07) is 13.1. The molecule has 0 spiro atoms. The van der Waals surface area contributed by atoms with Crippen molar-refractivity contribution in [3.05, 3.63) is 60.6 Å². The van der Waals surface area contributed by atoms with E-state index in [2.05, 4.69) is 4.98 Å². The van der Waals surface area contributed by atoms with E-state index in [1.54, 1.807) is 7.11 Å². The molecule has 0 amide bonds. The van der Waals surface area contributed by atoms with Gasteiger partial charge in [-0.2, -0.15) is 4.57 Å². The van der Waals surface area contributed by atoms with Crippen LogP contribution >= 0.6 is 0 Å². The number of carbonyl (C=O) groups is 1. The molecule has 0 fully saturated rings. The van der Waals surface area contributed by atoms with E-state index in [-0.39, 0.29) is 12.4 Å². The SMILES string of the molecule is COC(=O)c1[nH]c(N)c(-[n+]2ccccc2)c1-c1ccc(OC)cc1.[Cl-]. The number of halogens is 1. The maximum absolute atomic E-state index is 12.2. The lowest BCUT2D eigenvalue weighted by molar-refractivity contribution is -0.594. The average Bonchev–Trinajstić information content (AvgIpc) is 2.99.